The predicted molar refractivity (Wildman–Crippen MR) is 65.3 cm³/mol. The number of hydrogen-bond donors (Lipinski definition) is 1. The van der Waals surface area contributed by atoms with Crippen LogP contribution in [0.3, 0.4) is 0 Å². The molecule has 4 nitrogen and oxygen atoms in total. The van der Waals surface area contributed by atoms with Crippen molar-refractivity contribution in [1.82, 2.24) is 5.32 Å². The van der Waals surface area contributed by atoms with Gasteiger partial charge < -0.3 is 15.0 Å². The molecular weight excluding hydrogens is 216 g/mol. The zero-order valence-corrected chi connectivity index (χ0v) is 9.69. The van der Waals surface area contributed by atoms with E-state index in [1.54, 1.807) is 0 Å². The van der Waals surface area contributed by atoms with E-state index >= 15 is 0 Å². The third-order valence-electron chi connectivity index (χ3n) is 3.37. The smallest absolute Gasteiger partial charge is 0.230 e. The highest BCUT2D eigenvalue weighted by Gasteiger charge is 2.31. The van der Waals surface area contributed by atoms with E-state index in [2.05, 4.69) is 5.32 Å². The fraction of sp³-hybridized carbons (Fsp3) is 0.462. The van der Waals surface area contributed by atoms with Crippen molar-refractivity contribution in [1.29, 1.82) is 0 Å². The van der Waals surface area contributed by atoms with E-state index in [9.17, 15) is 4.79 Å². The molecular formula is C13H16N2O2. The number of carbonyl (C=O) groups excluding carboxylic acids is 1. The van der Waals surface area contributed by atoms with E-state index in [0.29, 0.717) is 13.0 Å². The van der Waals surface area contributed by atoms with E-state index < -0.39 is 0 Å². The number of carbonyl (C=O) groups is 1. The van der Waals surface area contributed by atoms with Gasteiger partial charge in [-0.3, -0.25) is 4.79 Å². The Morgan fingerprint density at radius 1 is 1.35 bits per heavy atom. The Labute approximate surface area is 101 Å². The van der Waals surface area contributed by atoms with Crippen LogP contribution in [0.2, 0.25) is 0 Å². The van der Waals surface area contributed by atoms with Crippen LogP contribution in [0.5, 0.6) is 5.75 Å². The molecule has 0 aromatic heterocycles. The summed E-state index contributed by atoms with van der Waals surface area (Å²) < 4.78 is 5.63. The number of amides is 1. The molecule has 1 fully saturated rings. The molecule has 2 heterocycles. The van der Waals surface area contributed by atoms with Crippen LogP contribution in [0.25, 0.3) is 0 Å². The van der Waals surface area contributed by atoms with Crippen LogP contribution in [-0.2, 0) is 4.79 Å². The van der Waals surface area contributed by atoms with Crippen LogP contribution in [-0.4, -0.2) is 31.6 Å². The van der Waals surface area contributed by atoms with Crippen LogP contribution in [0.15, 0.2) is 24.3 Å². The molecule has 0 saturated carbocycles. The highest BCUT2D eigenvalue weighted by atomic mass is 16.5. The van der Waals surface area contributed by atoms with Crippen molar-refractivity contribution in [2.24, 2.45) is 0 Å². The quantitative estimate of drug-likeness (QED) is 0.790. The summed E-state index contributed by atoms with van der Waals surface area (Å²) in [5.74, 6) is 0.994. The van der Waals surface area contributed by atoms with Crippen molar-refractivity contribution < 1.29 is 9.53 Å². The van der Waals surface area contributed by atoms with Gasteiger partial charge in [-0.1, -0.05) is 12.1 Å². The van der Waals surface area contributed by atoms with Gasteiger partial charge in [-0.05, 0) is 25.1 Å². The van der Waals surface area contributed by atoms with Crippen LogP contribution in [0.1, 0.15) is 12.8 Å². The number of nitrogens with one attached hydrogen (secondary N) is 1. The zero-order valence-electron chi connectivity index (χ0n) is 9.69. The number of fused-ring (bicyclic) bond motifs is 1. The number of nitrogens with zero attached hydrogens (tertiary/aromatic N) is 1. The SMILES string of the molecule is O=C1CCOc2ccccc2N1C1CCNC1. The van der Waals surface area contributed by atoms with Crippen LogP contribution in [0, 0.1) is 0 Å². The zero-order chi connectivity index (χ0) is 11.7. The molecule has 1 aromatic carbocycles. The van der Waals surface area contributed by atoms with Gasteiger partial charge in [0.15, 0.2) is 0 Å². The molecule has 1 saturated heterocycles. The topological polar surface area (TPSA) is 41.6 Å². The van der Waals surface area contributed by atoms with E-state index in [4.69, 9.17) is 4.74 Å². The first-order valence-corrected chi connectivity index (χ1v) is 6.11. The summed E-state index contributed by atoms with van der Waals surface area (Å²) in [6.07, 6.45) is 1.48. The second-order valence-corrected chi connectivity index (χ2v) is 4.48. The van der Waals surface area contributed by atoms with Gasteiger partial charge in [0.25, 0.3) is 0 Å². The van der Waals surface area contributed by atoms with Gasteiger partial charge in [-0.2, -0.15) is 0 Å². The summed E-state index contributed by atoms with van der Waals surface area (Å²) in [6, 6.07) is 8.07. The van der Waals surface area contributed by atoms with Crippen LogP contribution >= 0.6 is 0 Å². The lowest BCUT2D eigenvalue weighted by atomic mass is 10.1. The lowest BCUT2D eigenvalue weighted by molar-refractivity contribution is -0.119. The van der Waals surface area contributed by atoms with E-state index in [-0.39, 0.29) is 11.9 Å². The average Bonchev–Trinajstić information content (AvgIpc) is 2.80. The molecule has 1 unspecified atom stereocenters. The monoisotopic (exact) mass is 232 g/mol. The maximum absolute atomic E-state index is 12.2. The molecule has 0 spiro atoms. The van der Waals surface area contributed by atoms with E-state index in [0.717, 1.165) is 30.9 Å². The molecule has 1 N–H and O–H groups in total. The summed E-state index contributed by atoms with van der Waals surface area (Å²) in [7, 11) is 0. The molecule has 0 aliphatic carbocycles. The van der Waals surface area contributed by atoms with Gasteiger partial charge in [-0.25, -0.2) is 0 Å². The number of benzene rings is 1. The predicted octanol–water partition coefficient (Wildman–Crippen LogP) is 1.16. The number of rotatable bonds is 1. The van der Waals surface area contributed by atoms with Gasteiger partial charge in [0.05, 0.1) is 24.8 Å². The van der Waals surface area contributed by atoms with Crippen molar-refractivity contribution in [2.75, 3.05) is 24.6 Å². The Morgan fingerprint density at radius 2 is 2.24 bits per heavy atom. The average molecular weight is 232 g/mol. The van der Waals surface area contributed by atoms with Crippen molar-refractivity contribution >= 4 is 11.6 Å². The Morgan fingerprint density at radius 3 is 3.06 bits per heavy atom. The summed E-state index contributed by atoms with van der Waals surface area (Å²) in [5.41, 5.74) is 0.920. The molecule has 2 aliphatic rings. The number of ether oxygens (including phenoxy) is 1. The van der Waals surface area contributed by atoms with E-state index in [1.165, 1.54) is 0 Å². The van der Waals surface area contributed by atoms with Crippen molar-refractivity contribution in [2.45, 2.75) is 18.9 Å². The molecule has 3 rings (SSSR count). The molecule has 17 heavy (non-hydrogen) atoms. The number of para-hydroxylation sites is 2. The van der Waals surface area contributed by atoms with Crippen molar-refractivity contribution in [3.8, 4) is 5.75 Å². The highest BCUT2D eigenvalue weighted by Crippen LogP contribution is 2.33. The fourth-order valence-corrected chi connectivity index (χ4v) is 2.54. The molecule has 1 amide bonds. The highest BCUT2D eigenvalue weighted by molar-refractivity contribution is 5.96. The molecule has 0 bridgehead atoms. The molecule has 2 aliphatic heterocycles. The minimum absolute atomic E-state index is 0.170. The maximum Gasteiger partial charge on any atom is 0.230 e. The van der Waals surface area contributed by atoms with Gasteiger partial charge in [-0.15, -0.1) is 0 Å². The third-order valence-corrected chi connectivity index (χ3v) is 3.37. The van der Waals surface area contributed by atoms with Crippen LogP contribution in [0.4, 0.5) is 5.69 Å². The molecule has 0 radical (unpaired) electrons. The standard InChI is InChI=1S/C13H16N2O2/c16-13-6-8-17-12-4-2-1-3-11(12)15(13)10-5-7-14-9-10/h1-4,10,14H,5-9H2. The molecule has 4 heteroatoms. The molecule has 1 atom stereocenters. The second kappa shape index (κ2) is 4.37. The summed E-state index contributed by atoms with van der Waals surface area (Å²) in [6.45, 7) is 2.34. The second-order valence-electron chi connectivity index (χ2n) is 4.48. The Hall–Kier alpha value is -1.55. The Kier molecular flexibility index (Phi) is 2.73. The summed E-state index contributed by atoms with van der Waals surface area (Å²) in [4.78, 5) is 14.1. The normalized spacial score (nSPS) is 24.1. The lowest BCUT2D eigenvalue weighted by Crippen LogP contribution is -2.41. The van der Waals surface area contributed by atoms with Gasteiger partial charge in [0.1, 0.15) is 5.75 Å². The summed E-state index contributed by atoms with van der Waals surface area (Å²) >= 11 is 0. The van der Waals surface area contributed by atoms with Crippen LogP contribution < -0.4 is 15.0 Å². The third kappa shape index (κ3) is 1.89. The first-order chi connectivity index (χ1) is 8.36. The fourth-order valence-electron chi connectivity index (χ4n) is 2.54. The first kappa shape index (κ1) is 10.6. The maximum atomic E-state index is 12.2. The van der Waals surface area contributed by atoms with Gasteiger partial charge >= 0.3 is 0 Å². The molecule has 90 valence electrons. The number of hydrogen-bond acceptors (Lipinski definition) is 3. The van der Waals surface area contributed by atoms with E-state index in [1.807, 2.05) is 29.2 Å². The number of anilines is 1. The minimum Gasteiger partial charge on any atom is -0.491 e. The Bertz CT molecular complexity index is 427. The Balaban J connectivity index is 2.00. The largest absolute Gasteiger partial charge is 0.491 e. The minimum atomic E-state index is 0.170. The molecule has 1 aromatic rings. The van der Waals surface area contributed by atoms with Gasteiger partial charge in [0.2, 0.25) is 5.91 Å². The lowest BCUT2D eigenvalue weighted by Gasteiger charge is -2.27. The van der Waals surface area contributed by atoms with Gasteiger partial charge in [0, 0.05) is 6.54 Å². The van der Waals surface area contributed by atoms with Crippen molar-refractivity contribution in [3.05, 3.63) is 24.3 Å². The summed E-state index contributed by atoms with van der Waals surface area (Å²) in [5, 5.41) is 3.31. The van der Waals surface area contributed by atoms with Crippen molar-refractivity contribution in [3.63, 3.8) is 0 Å². The first-order valence-electron chi connectivity index (χ1n) is 6.11.